The molecule has 1 heterocycles. The highest BCUT2D eigenvalue weighted by Crippen LogP contribution is 2.17. The third kappa shape index (κ3) is 7.55. The molecular formula is C19H23F3N4O. The first kappa shape index (κ1) is 20.5. The standard InChI is InChI=1S/C19H23F3N4O/c1-14(16-6-4-3-5-7-16)11-25-18(23-2)26-12-15-8-9-24-17(10-15)27-13-19(20,21)22/h3-10,14H,11-13H2,1-2H3,(H2,23,25,26). The fourth-order valence-corrected chi connectivity index (χ4v) is 2.35. The Kier molecular flexibility index (Phi) is 7.45. The van der Waals surface area contributed by atoms with Crippen LogP contribution >= 0.6 is 0 Å². The van der Waals surface area contributed by atoms with Crippen molar-refractivity contribution >= 4 is 5.96 Å². The molecule has 146 valence electrons. The molecule has 0 aliphatic carbocycles. The number of aromatic nitrogens is 1. The molecule has 1 aromatic heterocycles. The number of ether oxygens (including phenoxy) is 1. The Morgan fingerprint density at radius 3 is 2.59 bits per heavy atom. The van der Waals surface area contributed by atoms with Gasteiger partial charge in [0.25, 0.3) is 0 Å². The number of halogens is 3. The normalized spacial score (nSPS) is 13.1. The lowest BCUT2D eigenvalue weighted by atomic mass is 10.0. The molecule has 0 aliphatic rings. The maximum atomic E-state index is 12.2. The Bertz CT molecular complexity index is 735. The molecule has 2 aromatic rings. The molecule has 0 spiro atoms. The van der Waals surface area contributed by atoms with Gasteiger partial charge in [0.05, 0.1) is 0 Å². The van der Waals surface area contributed by atoms with Crippen molar-refractivity contribution < 1.29 is 17.9 Å². The number of nitrogens with zero attached hydrogens (tertiary/aromatic N) is 2. The molecule has 0 saturated heterocycles. The summed E-state index contributed by atoms with van der Waals surface area (Å²) < 4.78 is 41.3. The van der Waals surface area contributed by atoms with Gasteiger partial charge in [-0.05, 0) is 23.1 Å². The van der Waals surface area contributed by atoms with Gasteiger partial charge in [-0.25, -0.2) is 4.98 Å². The molecular weight excluding hydrogens is 357 g/mol. The van der Waals surface area contributed by atoms with Gasteiger partial charge in [0.2, 0.25) is 5.88 Å². The van der Waals surface area contributed by atoms with E-state index in [1.807, 2.05) is 18.2 Å². The number of nitrogens with one attached hydrogen (secondary N) is 2. The molecule has 0 saturated carbocycles. The summed E-state index contributed by atoms with van der Waals surface area (Å²) in [7, 11) is 1.66. The minimum Gasteiger partial charge on any atom is -0.468 e. The van der Waals surface area contributed by atoms with E-state index in [-0.39, 0.29) is 5.88 Å². The van der Waals surface area contributed by atoms with Crippen LogP contribution in [0.25, 0.3) is 0 Å². The largest absolute Gasteiger partial charge is 0.468 e. The zero-order valence-electron chi connectivity index (χ0n) is 15.3. The van der Waals surface area contributed by atoms with Crippen molar-refractivity contribution in [2.45, 2.75) is 25.6 Å². The molecule has 5 nitrogen and oxygen atoms in total. The fourth-order valence-electron chi connectivity index (χ4n) is 2.35. The summed E-state index contributed by atoms with van der Waals surface area (Å²) in [5.74, 6) is 0.840. The monoisotopic (exact) mass is 380 g/mol. The number of pyridine rings is 1. The van der Waals surface area contributed by atoms with Gasteiger partial charge < -0.3 is 15.4 Å². The van der Waals surface area contributed by atoms with Crippen LogP contribution in [0.5, 0.6) is 5.88 Å². The Labute approximate surface area is 156 Å². The van der Waals surface area contributed by atoms with E-state index in [0.29, 0.717) is 25.0 Å². The van der Waals surface area contributed by atoms with Crippen LogP contribution in [0.3, 0.4) is 0 Å². The minimum absolute atomic E-state index is 0.0627. The Hall–Kier alpha value is -2.77. The molecule has 2 N–H and O–H groups in total. The van der Waals surface area contributed by atoms with Crippen molar-refractivity contribution in [1.82, 2.24) is 15.6 Å². The molecule has 2 rings (SSSR count). The van der Waals surface area contributed by atoms with Gasteiger partial charge in [-0.3, -0.25) is 4.99 Å². The average Bonchev–Trinajstić information content (AvgIpc) is 2.67. The van der Waals surface area contributed by atoms with Crippen molar-refractivity contribution in [3.63, 3.8) is 0 Å². The molecule has 0 bridgehead atoms. The highest BCUT2D eigenvalue weighted by molar-refractivity contribution is 5.79. The van der Waals surface area contributed by atoms with Crippen molar-refractivity contribution in [3.05, 3.63) is 59.8 Å². The summed E-state index contributed by atoms with van der Waals surface area (Å²) in [6.45, 7) is 1.82. The van der Waals surface area contributed by atoms with Gasteiger partial charge in [0.1, 0.15) is 0 Å². The highest BCUT2D eigenvalue weighted by Gasteiger charge is 2.28. The smallest absolute Gasteiger partial charge is 0.422 e. The van der Waals surface area contributed by atoms with E-state index < -0.39 is 12.8 Å². The van der Waals surface area contributed by atoms with Gasteiger partial charge in [-0.15, -0.1) is 0 Å². The molecule has 8 heteroatoms. The van der Waals surface area contributed by atoms with E-state index in [0.717, 1.165) is 5.56 Å². The second-order valence-corrected chi connectivity index (χ2v) is 6.02. The van der Waals surface area contributed by atoms with Crippen LogP contribution in [0.4, 0.5) is 13.2 Å². The van der Waals surface area contributed by atoms with E-state index in [9.17, 15) is 13.2 Å². The van der Waals surface area contributed by atoms with Crippen molar-refractivity contribution in [3.8, 4) is 5.88 Å². The molecule has 27 heavy (non-hydrogen) atoms. The Morgan fingerprint density at radius 2 is 1.93 bits per heavy atom. The van der Waals surface area contributed by atoms with E-state index in [2.05, 4.69) is 44.4 Å². The van der Waals surface area contributed by atoms with Crippen LogP contribution in [0.1, 0.15) is 24.0 Å². The first-order valence-electron chi connectivity index (χ1n) is 8.51. The van der Waals surface area contributed by atoms with Gasteiger partial charge in [0, 0.05) is 32.4 Å². The number of hydrogen-bond acceptors (Lipinski definition) is 3. The second-order valence-electron chi connectivity index (χ2n) is 6.02. The van der Waals surface area contributed by atoms with Crippen molar-refractivity contribution in [1.29, 1.82) is 0 Å². The molecule has 0 aliphatic heterocycles. The van der Waals surface area contributed by atoms with E-state index >= 15 is 0 Å². The van der Waals surface area contributed by atoms with Crippen molar-refractivity contribution in [2.75, 3.05) is 20.2 Å². The summed E-state index contributed by atoms with van der Waals surface area (Å²) in [5.41, 5.74) is 1.96. The quantitative estimate of drug-likeness (QED) is 0.570. The third-order valence-electron chi connectivity index (χ3n) is 3.81. The van der Waals surface area contributed by atoms with Crippen LogP contribution in [-0.4, -0.2) is 37.3 Å². The Morgan fingerprint density at radius 1 is 1.19 bits per heavy atom. The third-order valence-corrected chi connectivity index (χ3v) is 3.81. The SMILES string of the molecule is CN=C(NCc1ccnc(OCC(F)(F)F)c1)NCC(C)c1ccccc1. The maximum absolute atomic E-state index is 12.2. The number of benzene rings is 1. The van der Waals surface area contributed by atoms with Crippen LogP contribution in [0.2, 0.25) is 0 Å². The van der Waals surface area contributed by atoms with Crippen LogP contribution in [0.15, 0.2) is 53.7 Å². The predicted octanol–water partition coefficient (Wildman–Crippen LogP) is 3.49. The molecule has 0 fully saturated rings. The first-order chi connectivity index (χ1) is 12.9. The number of hydrogen-bond donors (Lipinski definition) is 2. The molecule has 0 radical (unpaired) electrons. The van der Waals surface area contributed by atoms with Crippen LogP contribution in [0, 0.1) is 0 Å². The number of rotatable bonds is 7. The molecule has 1 unspecified atom stereocenters. The molecule has 1 atom stereocenters. The summed E-state index contributed by atoms with van der Waals surface area (Å²) in [5, 5.41) is 6.37. The number of alkyl halides is 3. The average molecular weight is 380 g/mol. The molecule has 1 aromatic carbocycles. The Balaban J connectivity index is 1.83. The van der Waals surface area contributed by atoms with E-state index in [1.165, 1.54) is 17.8 Å². The zero-order valence-corrected chi connectivity index (χ0v) is 15.3. The second kappa shape index (κ2) is 9.80. The first-order valence-corrected chi connectivity index (χ1v) is 8.51. The summed E-state index contributed by atoms with van der Waals surface area (Å²) >= 11 is 0. The summed E-state index contributed by atoms with van der Waals surface area (Å²) in [6, 6.07) is 13.3. The topological polar surface area (TPSA) is 58.5 Å². The van der Waals surface area contributed by atoms with Gasteiger partial charge >= 0.3 is 6.18 Å². The lowest BCUT2D eigenvalue weighted by Crippen LogP contribution is -2.38. The summed E-state index contributed by atoms with van der Waals surface area (Å²) in [6.07, 6.45) is -2.98. The fraction of sp³-hybridized carbons (Fsp3) is 0.368. The predicted molar refractivity (Wildman–Crippen MR) is 98.8 cm³/mol. The number of aliphatic imine (C=N–C) groups is 1. The summed E-state index contributed by atoms with van der Waals surface area (Å²) in [4.78, 5) is 7.95. The minimum atomic E-state index is -4.39. The maximum Gasteiger partial charge on any atom is 0.422 e. The van der Waals surface area contributed by atoms with Crippen LogP contribution < -0.4 is 15.4 Å². The van der Waals surface area contributed by atoms with Crippen LogP contribution in [-0.2, 0) is 6.54 Å². The zero-order chi connectivity index (χ0) is 19.7. The lowest BCUT2D eigenvalue weighted by molar-refractivity contribution is -0.154. The lowest BCUT2D eigenvalue weighted by Gasteiger charge is -2.16. The van der Waals surface area contributed by atoms with Gasteiger partial charge in [-0.1, -0.05) is 37.3 Å². The molecule has 0 amide bonds. The van der Waals surface area contributed by atoms with Crippen molar-refractivity contribution in [2.24, 2.45) is 4.99 Å². The number of guanidine groups is 1. The van der Waals surface area contributed by atoms with Gasteiger partial charge in [0.15, 0.2) is 12.6 Å². The van der Waals surface area contributed by atoms with E-state index in [4.69, 9.17) is 0 Å². The highest BCUT2D eigenvalue weighted by atomic mass is 19.4. The van der Waals surface area contributed by atoms with Gasteiger partial charge in [-0.2, -0.15) is 13.2 Å². The van der Waals surface area contributed by atoms with E-state index in [1.54, 1.807) is 13.1 Å².